The molecule has 4 aromatic rings. The highest BCUT2D eigenvalue weighted by Crippen LogP contribution is 2.32. The van der Waals surface area contributed by atoms with E-state index in [1.54, 1.807) is 54.0 Å². The van der Waals surface area contributed by atoms with Gasteiger partial charge in [0.15, 0.2) is 5.16 Å². The Hall–Kier alpha value is -3.66. The van der Waals surface area contributed by atoms with Gasteiger partial charge in [-0.25, -0.2) is 4.39 Å². The monoisotopic (exact) mass is 500 g/mol. The largest absolute Gasteiger partial charge is 0.416 e. The number of amides is 1. The van der Waals surface area contributed by atoms with Gasteiger partial charge in [-0.15, -0.1) is 10.2 Å². The predicted octanol–water partition coefficient (Wildman–Crippen LogP) is 5.96. The van der Waals surface area contributed by atoms with Crippen molar-refractivity contribution in [1.29, 1.82) is 0 Å². The number of rotatable bonds is 7. The molecule has 0 unspecified atom stereocenters. The second-order valence-corrected chi connectivity index (χ2v) is 8.65. The van der Waals surface area contributed by atoms with Gasteiger partial charge in [-0.1, -0.05) is 42.1 Å². The van der Waals surface area contributed by atoms with Crippen LogP contribution in [0.15, 0.2) is 78.0 Å². The van der Waals surface area contributed by atoms with Crippen molar-refractivity contribution in [3.8, 4) is 5.69 Å². The fourth-order valence-electron chi connectivity index (χ4n) is 3.34. The fraction of sp³-hybridized carbons (Fsp3) is 0.160. The molecule has 0 fully saturated rings. The lowest BCUT2D eigenvalue weighted by Gasteiger charge is -2.12. The lowest BCUT2D eigenvalue weighted by molar-refractivity contribution is -0.137. The van der Waals surface area contributed by atoms with E-state index in [0.29, 0.717) is 28.0 Å². The lowest BCUT2D eigenvalue weighted by Crippen LogP contribution is -2.22. The maximum atomic E-state index is 13.1. The topological polar surface area (TPSA) is 59.8 Å². The van der Waals surface area contributed by atoms with Crippen LogP contribution in [0.25, 0.3) is 5.69 Å². The van der Waals surface area contributed by atoms with Crippen LogP contribution in [0.3, 0.4) is 0 Å². The highest BCUT2D eigenvalue weighted by molar-refractivity contribution is 7.98. The zero-order chi connectivity index (χ0) is 25.0. The second kappa shape index (κ2) is 10.3. The smallest absolute Gasteiger partial charge is 0.348 e. The average Bonchev–Trinajstić information content (AvgIpc) is 3.22. The summed E-state index contributed by atoms with van der Waals surface area (Å²) in [7, 11) is 0. The Morgan fingerprint density at radius 2 is 1.66 bits per heavy atom. The maximum Gasteiger partial charge on any atom is 0.416 e. The molecule has 1 heterocycles. The van der Waals surface area contributed by atoms with Crippen molar-refractivity contribution >= 4 is 17.7 Å². The summed E-state index contributed by atoms with van der Waals surface area (Å²) in [6.07, 6.45) is -4.45. The fourth-order valence-corrected chi connectivity index (χ4v) is 4.30. The van der Waals surface area contributed by atoms with Crippen LogP contribution in [-0.2, 0) is 18.5 Å². The molecule has 0 saturated heterocycles. The van der Waals surface area contributed by atoms with Gasteiger partial charge < -0.3 is 5.32 Å². The highest BCUT2D eigenvalue weighted by Gasteiger charge is 2.30. The average molecular weight is 501 g/mol. The minimum Gasteiger partial charge on any atom is -0.348 e. The Bertz CT molecular complexity index is 1320. The summed E-state index contributed by atoms with van der Waals surface area (Å²) < 4.78 is 54.0. The zero-order valence-corrected chi connectivity index (χ0v) is 19.3. The van der Waals surface area contributed by atoms with E-state index in [1.165, 1.54) is 30.0 Å². The molecule has 3 aromatic carbocycles. The van der Waals surface area contributed by atoms with Crippen LogP contribution in [0.5, 0.6) is 0 Å². The molecular formula is C25H20F4N4OS. The van der Waals surface area contributed by atoms with Crippen LogP contribution in [0.4, 0.5) is 17.6 Å². The van der Waals surface area contributed by atoms with Crippen LogP contribution in [0, 0.1) is 12.7 Å². The van der Waals surface area contributed by atoms with Crippen molar-refractivity contribution in [2.75, 3.05) is 0 Å². The summed E-state index contributed by atoms with van der Waals surface area (Å²) in [5.74, 6) is 0.361. The summed E-state index contributed by atoms with van der Waals surface area (Å²) in [4.78, 5) is 12.4. The molecular weight excluding hydrogens is 480 g/mol. The van der Waals surface area contributed by atoms with Crippen LogP contribution in [0.2, 0.25) is 0 Å². The number of benzene rings is 3. The molecule has 1 aromatic heterocycles. The predicted molar refractivity (Wildman–Crippen MR) is 125 cm³/mol. The van der Waals surface area contributed by atoms with E-state index in [9.17, 15) is 22.4 Å². The molecule has 0 aliphatic rings. The molecule has 0 atom stereocenters. The third-order valence-electron chi connectivity index (χ3n) is 5.18. The molecule has 0 spiro atoms. The first-order valence-electron chi connectivity index (χ1n) is 10.5. The zero-order valence-electron chi connectivity index (χ0n) is 18.5. The first-order chi connectivity index (χ1) is 16.7. The van der Waals surface area contributed by atoms with Crippen LogP contribution in [-0.4, -0.2) is 20.7 Å². The summed E-state index contributed by atoms with van der Waals surface area (Å²) in [6, 6.07) is 17.9. The quantitative estimate of drug-likeness (QED) is 0.251. The molecule has 5 nitrogen and oxygen atoms in total. The molecule has 0 bridgehead atoms. The third-order valence-corrected chi connectivity index (χ3v) is 6.18. The number of nitrogens with one attached hydrogen (secondary N) is 1. The number of carbonyl (C=O) groups is 1. The number of aromatic nitrogens is 3. The Labute approximate surface area is 203 Å². The van der Waals surface area contributed by atoms with Crippen molar-refractivity contribution in [2.45, 2.75) is 30.6 Å². The summed E-state index contributed by atoms with van der Waals surface area (Å²) in [5, 5.41) is 11.4. The molecule has 35 heavy (non-hydrogen) atoms. The molecule has 4 rings (SSSR count). The molecule has 180 valence electrons. The molecule has 0 saturated carbocycles. The SMILES string of the molecule is Cc1nnc(SCc2ccc(C(=O)NCc3ccc(F)cc3)cc2)n1-c1cccc(C(F)(F)F)c1. The number of nitrogens with zero attached hydrogens (tertiary/aromatic N) is 3. The Morgan fingerprint density at radius 3 is 2.34 bits per heavy atom. The number of aryl methyl sites for hydroxylation is 1. The van der Waals surface area contributed by atoms with Gasteiger partial charge >= 0.3 is 6.18 Å². The van der Waals surface area contributed by atoms with E-state index < -0.39 is 11.7 Å². The number of halogens is 4. The van der Waals surface area contributed by atoms with Crippen molar-refractivity contribution in [3.63, 3.8) is 0 Å². The molecule has 0 radical (unpaired) electrons. The van der Waals surface area contributed by atoms with E-state index in [-0.39, 0.29) is 18.3 Å². The van der Waals surface area contributed by atoms with Gasteiger partial charge in [-0.2, -0.15) is 13.2 Å². The highest BCUT2D eigenvalue weighted by atomic mass is 32.2. The van der Waals surface area contributed by atoms with E-state index in [2.05, 4.69) is 15.5 Å². The number of carbonyl (C=O) groups excluding carboxylic acids is 1. The van der Waals surface area contributed by atoms with Gasteiger partial charge in [0.25, 0.3) is 5.91 Å². The normalized spacial score (nSPS) is 11.5. The van der Waals surface area contributed by atoms with Gasteiger partial charge in [0.2, 0.25) is 0 Å². The van der Waals surface area contributed by atoms with Gasteiger partial charge in [-0.3, -0.25) is 9.36 Å². The van der Waals surface area contributed by atoms with Gasteiger partial charge in [0, 0.05) is 23.5 Å². The van der Waals surface area contributed by atoms with Crippen LogP contribution < -0.4 is 5.32 Å². The summed E-state index contributed by atoms with van der Waals surface area (Å²) >= 11 is 1.33. The first-order valence-corrected chi connectivity index (χ1v) is 11.5. The van der Waals surface area contributed by atoms with Crippen molar-refractivity contribution in [2.24, 2.45) is 0 Å². The summed E-state index contributed by atoms with van der Waals surface area (Å²) in [6.45, 7) is 1.96. The van der Waals surface area contributed by atoms with Crippen molar-refractivity contribution < 1.29 is 22.4 Å². The van der Waals surface area contributed by atoms with E-state index in [0.717, 1.165) is 23.3 Å². The molecule has 0 aliphatic heterocycles. The number of hydrogen-bond donors (Lipinski definition) is 1. The number of thioether (sulfide) groups is 1. The Morgan fingerprint density at radius 1 is 0.971 bits per heavy atom. The Balaban J connectivity index is 1.40. The second-order valence-electron chi connectivity index (χ2n) is 7.71. The standard InChI is InChI=1S/C25H20F4N4OS/c1-16-31-32-24(33(16)22-4-2-3-20(13-22)25(27,28)29)35-15-18-5-9-19(10-6-18)23(34)30-14-17-7-11-21(26)12-8-17/h2-13H,14-15H2,1H3,(H,30,34). The molecule has 1 N–H and O–H groups in total. The van der Waals surface area contributed by atoms with Crippen LogP contribution in [0.1, 0.15) is 32.9 Å². The Kier molecular flexibility index (Phi) is 7.20. The lowest BCUT2D eigenvalue weighted by atomic mass is 10.1. The number of alkyl halides is 3. The molecule has 1 amide bonds. The van der Waals surface area contributed by atoms with Crippen molar-refractivity contribution in [1.82, 2.24) is 20.1 Å². The van der Waals surface area contributed by atoms with Crippen molar-refractivity contribution in [3.05, 3.63) is 107 Å². The van der Waals surface area contributed by atoms with E-state index in [4.69, 9.17) is 0 Å². The van der Waals surface area contributed by atoms with Gasteiger partial charge in [0.05, 0.1) is 5.56 Å². The van der Waals surface area contributed by atoms with Gasteiger partial charge in [0.1, 0.15) is 11.6 Å². The van der Waals surface area contributed by atoms with E-state index >= 15 is 0 Å². The van der Waals surface area contributed by atoms with Crippen LogP contribution >= 0.6 is 11.8 Å². The third kappa shape index (κ3) is 6.07. The molecule has 0 aliphatic carbocycles. The molecule has 10 heteroatoms. The maximum absolute atomic E-state index is 13.1. The minimum atomic E-state index is -4.45. The first kappa shape index (κ1) is 24.5. The van der Waals surface area contributed by atoms with Gasteiger partial charge in [-0.05, 0) is 60.5 Å². The van der Waals surface area contributed by atoms with E-state index in [1.807, 2.05) is 0 Å². The number of hydrogen-bond acceptors (Lipinski definition) is 4. The minimum absolute atomic E-state index is 0.256. The summed E-state index contributed by atoms with van der Waals surface area (Å²) in [5.41, 5.74) is 1.75.